The lowest BCUT2D eigenvalue weighted by atomic mass is 10.1. The highest BCUT2D eigenvalue weighted by molar-refractivity contribution is 5.74. The number of hydrogen-bond acceptors (Lipinski definition) is 3. The van der Waals surface area contributed by atoms with E-state index in [1.54, 1.807) is 0 Å². The molecule has 1 aromatic carbocycles. The van der Waals surface area contributed by atoms with Crippen LogP contribution >= 0.6 is 0 Å². The Hall–Kier alpha value is -1.84. The summed E-state index contributed by atoms with van der Waals surface area (Å²) in [6.45, 7) is 0. The van der Waals surface area contributed by atoms with Crippen LogP contribution in [0.15, 0.2) is 29.0 Å². The number of carboxylic acid groups (broad SMARTS) is 1. The molecule has 2 unspecified atom stereocenters. The lowest BCUT2D eigenvalue weighted by Gasteiger charge is -1.98. The summed E-state index contributed by atoms with van der Waals surface area (Å²) in [7, 11) is 0. The van der Waals surface area contributed by atoms with Crippen LogP contribution in [0.5, 0.6) is 0 Å². The molecule has 2 aromatic rings. The van der Waals surface area contributed by atoms with Crippen LogP contribution in [0.25, 0.3) is 11.1 Å². The van der Waals surface area contributed by atoms with E-state index in [0.717, 1.165) is 29.5 Å². The van der Waals surface area contributed by atoms with Crippen LogP contribution in [0.3, 0.4) is 0 Å². The number of fused-ring (bicyclic) bond motifs is 1. The number of aliphatic carboxylic acids is 1. The first-order valence-electron chi connectivity index (χ1n) is 5.29. The predicted octanol–water partition coefficient (Wildman–Crippen LogP) is 2.09. The van der Waals surface area contributed by atoms with Crippen molar-refractivity contribution in [1.29, 1.82) is 0 Å². The fourth-order valence-corrected chi connectivity index (χ4v) is 2.10. The molecule has 1 heterocycles. The Morgan fingerprint density at radius 1 is 1.56 bits per heavy atom. The van der Waals surface area contributed by atoms with Crippen LogP contribution in [-0.4, -0.2) is 16.1 Å². The third-order valence-corrected chi connectivity index (χ3v) is 3.13. The first-order valence-corrected chi connectivity index (χ1v) is 5.29. The molecule has 1 N–H and O–H groups in total. The van der Waals surface area contributed by atoms with Gasteiger partial charge < -0.3 is 9.52 Å². The molecule has 1 aliphatic carbocycles. The van der Waals surface area contributed by atoms with E-state index in [1.165, 1.54) is 6.39 Å². The molecule has 0 saturated heterocycles. The van der Waals surface area contributed by atoms with Crippen LogP contribution in [0.1, 0.15) is 12.0 Å². The predicted molar refractivity (Wildman–Crippen MR) is 56.9 cm³/mol. The number of rotatable bonds is 3. The van der Waals surface area contributed by atoms with Crippen molar-refractivity contribution in [3.8, 4) is 0 Å². The molecule has 0 radical (unpaired) electrons. The van der Waals surface area contributed by atoms with Gasteiger partial charge in [-0.2, -0.15) is 0 Å². The van der Waals surface area contributed by atoms with Crippen molar-refractivity contribution in [2.24, 2.45) is 11.8 Å². The normalized spacial score (nSPS) is 23.5. The van der Waals surface area contributed by atoms with Gasteiger partial charge in [0.2, 0.25) is 0 Å². The monoisotopic (exact) mass is 217 g/mol. The second-order valence-electron chi connectivity index (χ2n) is 4.30. The topological polar surface area (TPSA) is 63.3 Å². The minimum Gasteiger partial charge on any atom is -0.481 e. The average molecular weight is 217 g/mol. The van der Waals surface area contributed by atoms with Crippen molar-refractivity contribution in [3.63, 3.8) is 0 Å². The Bertz CT molecular complexity index is 546. The van der Waals surface area contributed by atoms with Crippen molar-refractivity contribution in [2.75, 3.05) is 0 Å². The van der Waals surface area contributed by atoms with Crippen LogP contribution in [0.2, 0.25) is 0 Å². The smallest absolute Gasteiger partial charge is 0.306 e. The van der Waals surface area contributed by atoms with Gasteiger partial charge in [-0.3, -0.25) is 4.79 Å². The minimum atomic E-state index is -0.675. The van der Waals surface area contributed by atoms with E-state index in [9.17, 15) is 4.79 Å². The quantitative estimate of drug-likeness (QED) is 0.855. The maximum absolute atomic E-state index is 10.7. The molecule has 82 valence electrons. The van der Waals surface area contributed by atoms with Crippen LogP contribution in [0, 0.1) is 11.8 Å². The summed E-state index contributed by atoms with van der Waals surface area (Å²) < 4.78 is 5.21. The molecule has 1 saturated carbocycles. The Labute approximate surface area is 91.9 Å². The van der Waals surface area contributed by atoms with Gasteiger partial charge in [-0.25, -0.2) is 4.98 Å². The van der Waals surface area contributed by atoms with Gasteiger partial charge in [-0.05, 0) is 36.5 Å². The van der Waals surface area contributed by atoms with Gasteiger partial charge in [0.15, 0.2) is 12.0 Å². The molecular weight excluding hydrogens is 206 g/mol. The lowest BCUT2D eigenvalue weighted by Crippen LogP contribution is -2.01. The van der Waals surface area contributed by atoms with E-state index >= 15 is 0 Å². The van der Waals surface area contributed by atoms with Crippen LogP contribution < -0.4 is 0 Å². The number of carboxylic acids is 1. The fraction of sp³-hybridized carbons (Fsp3) is 0.333. The molecule has 1 fully saturated rings. The summed E-state index contributed by atoms with van der Waals surface area (Å²) in [5.41, 5.74) is 2.73. The summed E-state index contributed by atoms with van der Waals surface area (Å²) >= 11 is 0. The maximum atomic E-state index is 10.7. The largest absolute Gasteiger partial charge is 0.481 e. The molecule has 2 atom stereocenters. The number of hydrogen-bond donors (Lipinski definition) is 1. The molecule has 4 nitrogen and oxygen atoms in total. The highest BCUT2D eigenvalue weighted by Crippen LogP contribution is 2.41. The molecule has 0 aliphatic heterocycles. The Morgan fingerprint density at radius 2 is 2.44 bits per heavy atom. The van der Waals surface area contributed by atoms with E-state index in [4.69, 9.17) is 9.52 Å². The molecule has 0 spiro atoms. The molecule has 0 amide bonds. The van der Waals surface area contributed by atoms with Gasteiger partial charge in [0.05, 0.1) is 5.92 Å². The SMILES string of the molecule is O=C(O)C1CC1Cc1ccc2ncoc2c1. The summed E-state index contributed by atoms with van der Waals surface area (Å²) in [5, 5.41) is 8.81. The van der Waals surface area contributed by atoms with Gasteiger partial charge in [-0.15, -0.1) is 0 Å². The number of nitrogens with zero attached hydrogens (tertiary/aromatic N) is 1. The molecule has 3 rings (SSSR count). The molecule has 4 heteroatoms. The lowest BCUT2D eigenvalue weighted by molar-refractivity contribution is -0.138. The van der Waals surface area contributed by atoms with Crippen molar-refractivity contribution in [2.45, 2.75) is 12.8 Å². The van der Waals surface area contributed by atoms with Crippen molar-refractivity contribution in [3.05, 3.63) is 30.2 Å². The summed E-state index contributed by atoms with van der Waals surface area (Å²) in [6.07, 6.45) is 3.03. The average Bonchev–Trinajstić information content (AvgIpc) is 2.87. The third kappa shape index (κ3) is 1.56. The molecular formula is C12H11NO3. The van der Waals surface area contributed by atoms with Gasteiger partial charge in [0.1, 0.15) is 5.52 Å². The van der Waals surface area contributed by atoms with Crippen molar-refractivity contribution < 1.29 is 14.3 Å². The van der Waals surface area contributed by atoms with E-state index in [-0.39, 0.29) is 11.8 Å². The summed E-state index contributed by atoms with van der Waals surface area (Å²) in [4.78, 5) is 14.7. The van der Waals surface area contributed by atoms with Gasteiger partial charge in [0, 0.05) is 0 Å². The minimum absolute atomic E-state index is 0.148. The second kappa shape index (κ2) is 3.33. The van der Waals surface area contributed by atoms with Crippen LogP contribution in [0.4, 0.5) is 0 Å². The maximum Gasteiger partial charge on any atom is 0.306 e. The number of carbonyl (C=O) groups is 1. The summed E-state index contributed by atoms with van der Waals surface area (Å²) in [6, 6.07) is 5.84. The highest BCUT2D eigenvalue weighted by atomic mass is 16.4. The Morgan fingerprint density at radius 3 is 3.19 bits per heavy atom. The summed E-state index contributed by atoms with van der Waals surface area (Å²) in [5.74, 6) is -0.533. The van der Waals surface area contributed by atoms with E-state index < -0.39 is 5.97 Å². The number of benzene rings is 1. The molecule has 0 bridgehead atoms. The van der Waals surface area contributed by atoms with Gasteiger partial charge >= 0.3 is 5.97 Å². The van der Waals surface area contributed by atoms with Gasteiger partial charge in [0.25, 0.3) is 0 Å². The zero-order chi connectivity index (χ0) is 11.1. The van der Waals surface area contributed by atoms with Gasteiger partial charge in [-0.1, -0.05) is 6.07 Å². The molecule has 1 aromatic heterocycles. The first-order chi connectivity index (χ1) is 7.74. The highest BCUT2D eigenvalue weighted by Gasteiger charge is 2.42. The zero-order valence-corrected chi connectivity index (χ0v) is 8.59. The Balaban J connectivity index is 1.77. The van der Waals surface area contributed by atoms with Crippen LogP contribution in [-0.2, 0) is 11.2 Å². The first kappa shape index (κ1) is 9.39. The van der Waals surface area contributed by atoms with E-state index in [2.05, 4.69) is 4.98 Å². The van der Waals surface area contributed by atoms with E-state index in [0.29, 0.717) is 0 Å². The number of oxazole rings is 1. The third-order valence-electron chi connectivity index (χ3n) is 3.13. The number of aromatic nitrogens is 1. The van der Waals surface area contributed by atoms with E-state index in [1.807, 2.05) is 18.2 Å². The molecule has 1 aliphatic rings. The van der Waals surface area contributed by atoms with Crippen molar-refractivity contribution >= 4 is 17.1 Å². The molecule has 16 heavy (non-hydrogen) atoms. The second-order valence-corrected chi connectivity index (χ2v) is 4.30. The standard InChI is InChI=1S/C12H11NO3/c14-12(15)9-5-8(9)3-7-1-2-10-11(4-7)16-6-13-10/h1-2,4,6,8-9H,3,5H2,(H,14,15). The zero-order valence-electron chi connectivity index (χ0n) is 8.59. The Kier molecular flexibility index (Phi) is 1.96. The fourth-order valence-electron chi connectivity index (χ4n) is 2.10. The van der Waals surface area contributed by atoms with Crippen molar-refractivity contribution in [1.82, 2.24) is 4.98 Å².